The molecule has 1 unspecified atom stereocenters. The lowest BCUT2D eigenvalue weighted by molar-refractivity contribution is 0.0697. The van der Waals surface area contributed by atoms with E-state index in [-0.39, 0.29) is 11.6 Å². The van der Waals surface area contributed by atoms with E-state index in [4.69, 9.17) is 5.11 Å². The first-order valence-electron chi connectivity index (χ1n) is 6.64. The van der Waals surface area contributed by atoms with Gasteiger partial charge in [-0.1, -0.05) is 6.07 Å². The Bertz CT molecular complexity index is 504. The van der Waals surface area contributed by atoms with Gasteiger partial charge in [0.25, 0.3) is 0 Å². The molecule has 108 valence electrons. The van der Waals surface area contributed by atoms with Crippen molar-refractivity contribution in [3.63, 3.8) is 0 Å². The Hall–Kier alpha value is -2.08. The Morgan fingerprint density at radius 2 is 2.25 bits per heavy atom. The zero-order valence-corrected chi connectivity index (χ0v) is 11.4. The number of rotatable bonds is 4. The highest BCUT2D eigenvalue weighted by Gasteiger charge is 2.20. The highest BCUT2D eigenvalue weighted by molar-refractivity contribution is 5.93. The zero-order valence-electron chi connectivity index (χ0n) is 11.4. The van der Waals surface area contributed by atoms with E-state index in [1.807, 2.05) is 7.05 Å². The van der Waals surface area contributed by atoms with Gasteiger partial charge < -0.3 is 20.6 Å². The summed E-state index contributed by atoms with van der Waals surface area (Å²) in [4.78, 5) is 24.8. The molecule has 1 saturated heterocycles. The van der Waals surface area contributed by atoms with Crippen molar-refractivity contribution >= 4 is 17.7 Å². The number of carboxylic acid groups (broad SMARTS) is 1. The van der Waals surface area contributed by atoms with Crippen LogP contribution in [-0.2, 0) is 0 Å². The lowest BCUT2D eigenvalue weighted by Crippen LogP contribution is -2.40. The summed E-state index contributed by atoms with van der Waals surface area (Å²) >= 11 is 0. The number of carboxylic acids is 1. The van der Waals surface area contributed by atoms with Gasteiger partial charge in [-0.15, -0.1) is 0 Å². The second kappa shape index (κ2) is 6.38. The highest BCUT2D eigenvalue weighted by Crippen LogP contribution is 2.14. The van der Waals surface area contributed by atoms with Gasteiger partial charge in [0.2, 0.25) is 0 Å². The zero-order chi connectivity index (χ0) is 14.5. The maximum Gasteiger partial charge on any atom is 0.335 e. The summed E-state index contributed by atoms with van der Waals surface area (Å²) in [5.41, 5.74) is 0.625. The fourth-order valence-electron chi connectivity index (χ4n) is 2.35. The minimum Gasteiger partial charge on any atom is -0.478 e. The van der Waals surface area contributed by atoms with Gasteiger partial charge in [0.1, 0.15) is 0 Å². The third kappa shape index (κ3) is 3.71. The minimum atomic E-state index is -1.01. The number of benzene rings is 1. The van der Waals surface area contributed by atoms with Gasteiger partial charge in [0, 0.05) is 18.3 Å². The second-order valence-electron chi connectivity index (χ2n) is 5.00. The highest BCUT2D eigenvalue weighted by atomic mass is 16.4. The van der Waals surface area contributed by atoms with E-state index in [2.05, 4.69) is 15.5 Å². The molecule has 0 aliphatic carbocycles. The molecule has 6 nitrogen and oxygen atoms in total. The van der Waals surface area contributed by atoms with Crippen molar-refractivity contribution < 1.29 is 14.7 Å². The van der Waals surface area contributed by atoms with Gasteiger partial charge >= 0.3 is 12.0 Å². The lowest BCUT2D eigenvalue weighted by Gasteiger charge is -2.19. The fraction of sp³-hybridized carbons (Fsp3) is 0.429. The molecule has 0 aromatic heterocycles. The molecule has 3 N–H and O–H groups in total. The molecule has 1 fully saturated rings. The molecule has 1 aliphatic heterocycles. The summed E-state index contributed by atoms with van der Waals surface area (Å²) in [6, 6.07) is 6.25. The summed E-state index contributed by atoms with van der Waals surface area (Å²) in [6.45, 7) is 1.66. The van der Waals surface area contributed by atoms with Crippen LogP contribution in [0, 0.1) is 0 Å². The largest absolute Gasteiger partial charge is 0.478 e. The number of likely N-dealkylation sites (tertiary alicyclic amines) is 1. The molecule has 6 heteroatoms. The van der Waals surface area contributed by atoms with Crippen LogP contribution >= 0.6 is 0 Å². The predicted molar refractivity (Wildman–Crippen MR) is 76.1 cm³/mol. The monoisotopic (exact) mass is 277 g/mol. The Balaban J connectivity index is 1.85. The Morgan fingerprint density at radius 3 is 2.90 bits per heavy atom. The third-order valence-electron chi connectivity index (χ3n) is 3.54. The average Bonchev–Trinajstić information content (AvgIpc) is 2.82. The Kier molecular flexibility index (Phi) is 4.57. The maximum atomic E-state index is 11.8. The van der Waals surface area contributed by atoms with Crippen LogP contribution in [0.3, 0.4) is 0 Å². The molecule has 0 spiro atoms. The molecule has 2 rings (SSSR count). The van der Waals surface area contributed by atoms with Crippen LogP contribution in [0.5, 0.6) is 0 Å². The van der Waals surface area contributed by atoms with Gasteiger partial charge in [0.15, 0.2) is 0 Å². The number of hydrogen-bond acceptors (Lipinski definition) is 3. The fourth-order valence-corrected chi connectivity index (χ4v) is 2.35. The van der Waals surface area contributed by atoms with Crippen LogP contribution in [0.4, 0.5) is 10.5 Å². The molecule has 2 amide bonds. The standard InChI is InChI=1S/C14H19N3O3/c1-17-7-3-6-12(17)9-15-14(20)16-11-5-2-4-10(8-11)13(18)19/h2,4-5,8,12H,3,6-7,9H2,1H3,(H,18,19)(H2,15,16,20). The summed E-state index contributed by atoms with van der Waals surface area (Å²) in [5.74, 6) is -1.01. The Labute approximate surface area is 117 Å². The molecule has 0 radical (unpaired) electrons. The number of nitrogens with zero attached hydrogens (tertiary/aromatic N) is 1. The second-order valence-corrected chi connectivity index (χ2v) is 5.00. The number of carbonyl (C=O) groups excluding carboxylic acids is 1. The van der Waals surface area contributed by atoms with Gasteiger partial charge in [-0.3, -0.25) is 0 Å². The van der Waals surface area contributed by atoms with E-state index in [1.54, 1.807) is 12.1 Å². The SMILES string of the molecule is CN1CCCC1CNC(=O)Nc1cccc(C(=O)O)c1. The summed E-state index contributed by atoms with van der Waals surface area (Å²) < 4.78 is 0. The molecule has 1 aliphatic rings. The first-order valence-corrected chi connectivity index (χ1v) is 6.64. The number of anilines is 1. The van der Waals surface area contributed by atoms with E-state index in [0.29, 0.717) is 18.3 Å². The van der Waals surface area contributed by atoms with Crippen LogP contribution in [0.15, 0.2) is 24.3 Å². The van der Waals surface area contributed by atoms with Crippen LogP contribution in [-0.4, -0.2) is 48.2 Å². The predicted octanol–water partition coefficient (Wildman–Crippen LogP) is 1.60. The van der Waals surface area contributed by atoms with E-state index in [0.717, 1.165) is 19.4 Å². The molecule has 0 bridgehead atoms. The van der Waals surface area contributed by atoms with Crippen molar-refractivity contribution in [2.75, 3.05) is 25.5 Å². The summed E-state index contributed by atoms with van der Waals surface area (Å²) in [5, 5.41) is 14.3. The first kappa shape index (κ1) is 14.3. The molecular weight excluding hydrogens is 258 g/mol. The molecule has 0 saturated carbocycles. The van der Waals surface area contributed by atoms with Gasteiger partial charge in [0.05, 0.1) is 5.56 Å². The Morgan fingerprint density at radius 1 is 1.45 bits per heavy atom. The van der Waals surface area contributed by atoms with E-state index in [1.165, 1.54) is 12.1 Å². The molecule has 20 heavy (non-hydrogen) atoms. The number of aromatic carboxylic acids is 1. The molecule has 1 aromatic carbocycles. The molecular formula is C14H19N3O3. The van der Waals surface area contributed by atoms with Crippen molar-refractivity contribution in [3.05, 3.63) is 29.8 Å². The number of nitrogens with one attached hydrogen (secondary N) is 2. The van der Waals surface area contributed by atoms with E-state index in [9.17, 15) is 9.59 Å². The first-order chi connectivity index (χ1) is 9.56. The van der Waals surface area contributed by atoms with Gasteiger partial charge in [-0.25, -0.2) is 9.59 Å². The van der Waals surface area contributed by atoms with Crippen molar-refractivity contribution in [3.8, 4) is 0 Å². The average molecular weight is 277 g/mol. The topological polar surface area (TPSA) is 81.7 Å². The molecule has 1 atom stereocenters. The lowest BCUT2D eigenvalue weighted by atomic mass is 10.2. The number of hydrogen-bond donors (Lipinski definition) is 3. The summed E-state index contributed by atoms with van der Waals surface area (Å²) in [6.07, 6.45) is 2.25. The third-order valence-corrected chi connectivity index (χ3v) is 3.54. The quantitative estimate of drug-likeness (QED) is 0.780. The minimum absolute atomic E-state index is 0.151. The van der Waals surface area contributed by atoms with Gasteiger partial charge in [-0.05, 0) is 44.6 Å². The van der Waals surface area contributed by atoms with Crippen molar-refractivity contribution in [1.82, 2.24) is 10.2 Å². The number of amides is 2. The maximum absolute atomic E-state index is 11.8. The smallest absolute Gasteiger partial charge is 0.335 e. The summed E-state index contributed by atoms with van der Waals surface area (Å²) in [7, 11) is 2.05. The van der Waals surface area contributed by atoms with Crippen LogP contribution in [0.1, 0.15) is 23.2 Å². The number of urea groups is 1. The van der Waals surface area contributed by atoms with Crippen molar-refractivity contribution in [2.45, 2.75) is 18.9 Å². The number of likely N-dealkylation sites (N-methyl/N-ethyl adjacent to an activating group) is 1. The van der Waals surface area contributed by atoms with E-state index >= 15 is 0 Å². The molecule has 1 aromatic rings. The number of carbonyl (C=O) groups is 2. The van der Waals surface area contributed by atoms with Crippen LogP contribution in [0.25, 0.3) is 0 Å². The molecule has 1 heterocycles. The van der Waals surface area contributed by atoms with Crippen LogP contribution < -0.4 is 10.6 Å². The van der Waals surface area contributed by atoms with Gasteiger partial charge in [-0.2, -0.15) is 0 Å². The van der Waals surface area contributed by atoms with Crippen molar-refractivity contribution in [2.24, 2.45) is 0 Å². The van der Waals surface area contributed by atoms with E-state index < -0.39 is 5.97 Å². The van der Waals surface area contributed by atoms with Crippen LogP contribution in [0.2, 0.25) is 0 Å². The normalized spacial score (nSPS) is 18.8. The van der Waals surface area contributed by atoms with Crippen molar-refractivity contribution in [1.29, 1.82) is 0 Å².